The van der Waals surface area contributed by atoms with Crippen molar-refractivity contribution in [1.82, 2.24) is 0 Å². The first-order valence-electron chi connectivity index (χ1n) is 5.80. The molecule has 1 aliphatic heterocycles. The van der Waals surface area contributed by atoms with E-state index < -0.39 is 0 Å². The Hall–Kier alpha value is -1.25. The molecule has 0 amide bonds. The monoisotopic (exact) mass is 273 g/mol. The molecule has 0 saturated heterocycles. The zero-order valence-electron chi connectivity index (χ0n) is 9.98. The van der Waals surface area contributed by atoms with Gasteiger partial charge < -0.3 is 0 Å². The fraction of sp³-hybridized carbons (Fsp3) is 0.133. The number of thioether (sulfide) groups is 1. The SMILES string of the molecule is Cc1cc(C2=Nc3ccccc3SC2)ccc1Cl. The van der Waals surface area contributed by atoms with E-state index in [1.807, 2.05) is 36.9 Å². The van der Waals surface area contributed by atoms with Crippen LogP contribution >= 0.6 is 23.4 Å². The van der Waals surface area contributed by atoms with Crippen LogP contribution in [0.25, 0.3) is 0 Å². The summed E-state index contributed by atoms with van der Waals surface area (Å²) in [6.45, 7) is 2.02. The van der Waals surface area contributed by atoms with Gasteiger partial charge in [-0.25, -0.2) is 0 Å². The van der Waals surface area contributed by atoms with E-state index in [4.69, 9.17) is 16.6 Å². The summed E-state index contributed by atoms with van der Waals surface area (Å²) in [5.41, 5.74) is 4.45. The molecule has 0 unspecified atom stereocenters. The van der Waals surface area contributed by atoms with Crippen LogP contribution < -0.4 is 0 Å². The van der Waals surface area contributed by atoms with Crippen LogP contribution in [0.15, 0.2) is 52.4 Å². The van der Waals surface area contributed by atoms with E-state index in [1.54, 1.807) is 0 Å². The third kappa shape index (κ3) is 2.18. The van der Waals surface area contributed by atoms with Gasteiger partial charge in [0.1, 0.15) is 0 Å². The summed E-state index contributed by atoms with van der Waals surface area (Å²) < 4.78 is 0. The van der Waals surface area contributed by atoms with Gasteiger partial charge in [0.05, 0.1) is 11.4 Å². The van der Waals surface area contributed by atoms with Gasteiger partial charge in [-0.15, -0.1) is 11.8 Å². The fourth-order valence-corrected chi connectivity index (χ4v) is 3.04. The van der Waals surface area contributed by atoms with Crippen molar-refractivity contribution in [2.24, 2.45) is 4.99 Å². The van der Waals surface area contributed by atoms with Crippen molar-refractivity contribution in [3.05, 3.63) is 58.6 Å². The molecular formula is C15H12ClNS. The van der Waals surface area contributed by atoms with Gasteiger partial charge in [-0.2, -0.15) is 0 Å². The number of hydrogen-bond acceptors (Lipinski definition) is 2. The third-order valence-corrected chi connectivity index (χ3v) is 4.47. The molecule has 0 bridgehead atoms. The average Bonchev–Trinajstić information content (AvgIpc) is 2.41. The zero-order chi connectivity index (χ0) is 12.5. The molecule has 0 aromatic heterocycles. The molecule has 0 saturated carbocycles. The molecule has 0 N–H and O–H groups in total. The van der Waals surface area contributed by atoms with Crippen molar-refractivity contribution >= 4 is 34.8 Å². The summed E-state index contributed by atoms with van der Waals surface area (Å²) in [5.74, 6) is 0.915. The van der Waals surface area contributed by atoms with Crippen molar-refractivity contribution in [2.45, 2.75) is 11.8 Å². The highest BCUT2D eigenvalue weighted by atomic mass is 35.5. The van der Waals surface area contributed by atoms with E-state index in [2.05, 4.69) is 24.3 Å². The van der Waals surface area contributed by atoms with Crippen LogP contribution in [0.5, 0.6) is 0 Å². The number of aryl methyl sites for hydroxylation is 1. The summed E-state index contributed by atoms with van der Waals surface area (Å²) in [5, 5.41) is 0.809. The lowest BCUT2D eigenvalue weighted by Gasteiger charge is -2.15. The molecular weight excluding hydrogens is 262 g/mol. The van der Waals surface area contributed by atoms with Crippen molar-refractivity contribution in [1.29, 1.82) is 0 Å². The summed E-state index contributed by atoms with van der Waals surface area (Å²) in [4.78, 5) is 6.00. The van der Waals surface area contributed by atoms with Crippen LogP contribution in [-0.4, -0.2) is 11.5 Å². The number of aliphatic imine (C=N–C) groups is 1. The maximum Gasteiger partial charge on any atom is 0.0769 e. The lowest BCUT2D eigenvalue weighted by Crippen LogP contribution is -2.07. The first-order valence-corrected chi connectivity index (χ1v) is 7.16. The highest BCUT2D eigenvalue weighted by molar-refractivity contribution is 8.00. The fourth-order valence-electron chi connectivity index (χ4n) is 1.97. The first kappa shape index (κ1) is 11.8. The Morgan fingerprint density at radius 2 is 2.00 bits per heavy atom. The molecule has 0 aliphatic carbocycles. The molecule has 2 aromatic carbocycles. The van der Waals surface area contributed by atoms with E-state index in [0.717, 1.165) is 27.7 Å². The highest BCUT2D eigenvalue weighted by Crippen LogP contribution is 2.34. The minimum Gasteiger partial charge on any atom is -0.251 e. The van der Waals surface area contributed by atoms with Crippen LogP contribution in [0.1, 0.15) is 11.1 Å². The second kappa shape index (κ2) is 4.79. The molecule has 1 nitrogen and oxygen atoms in total. The van der Waals surface area contributed by atoms with E-state index in [9.17, 15) is 0 Å². The second-order valence-corrected chi connectivity index (χ2v) is 5.70. The van der Waals surface area contributed by atoms with Crippen LogP contribution in [-0.2, 0) is 0 Å². The smallest absolute Gasteiger partial charge is 0.0769 e. The summed E-state index contributed by atoms with van der Waals surface area (Å²) >= 11 is 7.89. The summed E-state index contributed by atoms with van der Waals surface area (Å²) in [7, 11) is 0. The summed E-state index contributed by atoms with van der Waals surface area (Å²) in [6, 6.07) is 14.4. The second-order valence-electron chi connectivity index (χ2n) is 4.28. The van der Waals surface area contributed by atoms with Crippen LogP contribution in [0.4, 0.5) is 5.69 Å². The van der Waals surface area contributed by atoms with E-state index in [-0.39, 0.29) is 0 Å². The maximum atomic E-state index is 6.06. The van der Waals surface area contributed by atoms with Gasteiger partial charge in [-0.1, -0.05) is 29.8 Å². The quantitative estimate of drug-likeness (QED) is 0.722. The largest absolute Gasteiger partial charge is 0.251 e. The van der Waals surface area contributed by atoms with Gasteiger partial charge in [0, 0.05) is 15.7 Å². The Morgan fingerprint density at radius 3 is 2.83 bits per heavy atom. The van der Waals surface area contributed by atoms with Gasteiger partial charge in [0.2, 0.25) is 0 Å². The Bertz CT molecular complexity index is 634. The molecule has 0 atom stereocenters. The van der Waals surface area contributed by atoms with Gasteiger partial charge in [0.15, 0.2) is 0 Å². The molecule has 3 heteroatoms. The normalized spacial score (nSPS) is 14.0. The van der Waals surface area contributed by atoms with Crippen LogP contribution in [0.3, 0.4) is 0 Å². The molecule has 0 spiro atoms. The number of fused-ring (bicyclic) bond motifs is 1. The number of halogens is 1. The van der Waals surface area contributed by atoms with Gasteiger partial charge in [0.25, 0.3) is 0 Å². The van der Waals surface area contributed by atoms with Crippen LogP contribution in [0.2, 0.25) is 5.02 Å². The van der Waals surface area contributed by atoms with E-state index in [1.165, 1.54) is 10.5 Å². The third-order valence-electron chi connectivity index (χ3n) is 2.98. The molecule has 2 aromatic rings. The molecule has 3 rings (SSSR count). The minimum absolute atomic E-state index is 0.809. The lowest BCUT2D eigenvalue weighted by atomic mass is 10.1. The first-order chi connectivity index (χ1) is 8.74. The minimum atomic E-state index is 0.809. The number of para-hydroxylation sites is 1. The molecule has 18 heavy (non-hydrogen) atoms. The Kier molecular flexibility index (Phi) is 3.14. The standard InChI is InChI=1S/C15H12ClNS/c1-10-8-11(6-7-12(10)16)14-9-18-15-5-3-2-4-13(15)17-14/h2-8H,9H2,1H3. The van der Waals surface area contributed by atoms with Crippen LogP contribution in [0, 0.1) is 6.92 Å². The average molecular weight is 274 g/mol. The predicted octanol–water partition coefficient (Wildman–Crippen LogP) is 4.87. The lowest BCUT2D eigenvalue weighted by molar-refractivity contribution is 1.33. The highest BCUT2D eigenvalue weighted by Gasteiger charge is 2.13. The number of benzene rings is 2. The molecule has 0 fully saturated rings. The molecule has 1 heterocycles. The maximum absolute atomic E-state index is 6.06. The van der Waals surface area contributed by atoms with Crippen molar-refractivity contribution < 1.29 is 0 Å². The van der Waals surface area contributed by atoms with Crippen molar-refractivity contribution in [2.75, 3.05) is 5.75 Å². The van der Waals surface area contributed by atoms with E-state index in [0.29, 0.717) is 0 Å². The van der Waals surface area contributed by atoms with Crippen molar-refractivity contribution in [3.63, 3.8) is 0 Å². The summed E-state index contributed by atoms with van der Waals surface area (Å²) in [6.07, 6.45) is 0. The number of nitrogens with zero attached hydrogens (tertiary/aromatic N) is 1. The number of rotatable bonds is 1. The zero-order valence-corrected chi connectivity index (χ0v) is 11.6. The topological polar surface area (TPSA) is 12.4 Å². The predicted molar refractivity (Wildman–Crippen MR) is 79.6 cm³/mol. The Balaban J connectivity index is 2.04. The van der Waals surface area contributed by atoms with Gasteiger partial charge in [-0.3, -0.25) is 4.99 Å². The molecule has 90 valence electrons. The molecule has 1 aliphatic rings. The van der Waals surface area contributed by atoms with E-state index >= 15 is 0 Å². The molecule has 0 radical (unpaired) electrons. The Morgan fingerprint density at radius 1 is 1.17 bits per heavy atom. The van der Waals surface area contributed by atoms with Gasteiger partial charge >= 0.3 is 0 Å². The van der Waals surface area contributed by atoms with Gasteiger partial charge in [-0.05, 0) is 42.3 Å². The Labute approximate surface area is 116 Å². The van der Waals surface area contributed by atoms with Crippen molar-refractivity contribution in [3.8, 4) is 0 Å². The number of hydrogen-bond donors (Lipinski definition) is 0.